The Bertz CT molecular complexity index is 1030. The Balaban J connectivity index is 1.40. The minimum Gasteiger partial charge on any atom is -0.480 e. The van der Waals surface area contributed by atoms with E-state index in [1.54, 1.807) is 0 Å². The molecular formula is C25H28N2O5. The minimum absolute atomic E-state index is 0.0877. The van der Waals surface area contributed by atoms with E-state index in [1.807, 2.05) is 36.4 Å². The molecule has 32 heavy (non-hydrogen) atoms. The van der Waals surface area contributed by atoms with Gasteiger partial charge in [0, 0.05) is 5.92 Å². The van der Waals surface area contributed by atoms with Crippen LogP contribution in [0.15, 0.2) is 48.5 Å². The second-order valence-electron chi connectivity index (χ2n) is 9.31. The topological polar surface area (TPSA) is 105 Å². The van der Waals surface area contributed by atoms with Gasteiger partial charge in [-0.2, -0.15) is 0 Å². The summed E-state index contributed by atoms with van der Waals surface area (Å²) in [4.78, 5) is 37.1. The maximum absolute atomic E-state index is 12.8. The van der Waals surface area contributed by atoms with Crippen molar-refractivity contribution in [2.24, 2.45) is 5.92 Å². The van der Waals surface area contributed by atoms with E-state index in [-0.39, 0.29) is 18.4 Å². The molecule has 0 radical (unpaired) electrons. The van der Waals surface area contributed by atoms with Crippen LogP contribution < -0.4 is 10.6 Å². The van der Waals surface area contributed by atoms with Gasteiger partial charge >= 0.3 is 12.1 Å². The highest BCUT2D eigenvalue weighted by Crippen LogP contribution is 2.44. The standard InChI is InChI=1S/C25H28N2O5/c1-24(2,21(28)26-25(3,22(29)30)15-12-13-15)27-23(31)32-14-20-18-10-6-4-8-16(18)17-9-5-7-11-19(17)20/h4-11,15,20H,12-14H2,1-3H3,(H,26,28)(H,27,31)(H,29,30). The number of alkyl carbamates (subject to hydrolysis) is 1. The van der Waals surface area contributed by atoms with E-state index in [4.69, 9.17) is 4.74 Å². The zero-order valence-electron chi connectivity index (χ0n) is 18.5. The van der Waals surface area contributed by atoms with Crippen molar-refractivity contribution < 1.29 is 24.2 Å². The number of fused-ring (bicyclic) bond motifs is 3. The van der Waals surface area contributed by atoms with Crippen LogP contribution in [0.1, 0.15) is 50.7 Å². The quantitative estimate of drug-likeness (QED) is 0.614. The monoisotopic (exact) mass is 436 g/mol. The summed E-state index contributed by atoms with van der Waals surface area (Å²) >= 11 is 0. The summed E-state index contributed by atoms with van der Waals surface area (Å²) in [5, 5.41) is 14.8. The number of carboxylic acid groups (broad SMARTS) is 1. The summed E-state index contributed by atoms with van der Waals surface area (Å²) in [5.41, 5.74) is 1.76. The summed E-state index contributed by atoms with van der Waals surface area (Å²) in [5.74, 6) is -1.84. The lowest BCUT2D eigenvalue weighted by atomic mass is 9.93. The number of ether oxygens (including phenoxy) is 1. The van der Waals surface area contributed by atoms with E-state index in [1.165, 1.54) is 20.8 Å². The first-order valence-corrected chi connectivity index (χ1v) is 10.8. The Hall–Kier alpha value is -3.35. The van der Waals surface area contributed by atoms with Gasteiger partial charge in [0.15, 0.2) is 0 Å². The molecule has 168 valence electrons. The molecule has 0 aromatic heterocycles. The first kappa shape index (κ1) is 21.9. The molecule has 1 fully saturated rings. The summed E-state index contributed by atoms with van der Waals surface area (Å²) in [6, 6.07) is 16.1. The number of nitrogens with one attached hydrogen (secondary N) is 2. The van der Waals surface area contributed by atoms with Crippen LogP contribution in [0.3, 0.4) is 0 Å². The molecule has 2 aliphatic carbocycles. The van der Waals surface area contributed by atoms with Crippen LogP contribution in [-0.4, -0.2) is 40.8 Å². The second-order valence-corrected chi connectivity index (χ2v) is 9.31. The van der Waals surface area contributed by atoms with Crippen molar-refractivity contribution >= 4 is 18.0 Å². The van der Waals surface area contributed by atoms with E-state index >= 15 is 0 Å². The Labute approximate surface area is 187 Å². The molecule has 1 saturated carbocycles. The van der Waals surface area contributed by atoms with Crippen LogP contribution in [0.25, 0.3) is 11.1 Å². The van der Waals surface area contributed by atoms with Crippen LogP contribution in [0.2, 0.25) is 0 Å². The van der Waals surface area contributed by atoms with Crippen LogP contribution in [0, 0.1) is 5.92 Å². The number of carboxylic acids is 1. The number of hydrogen-bond acceptors (Lipinski definition) is 4. The van der Waals surface area contributed by atoms with Gasteiger partial charge in [0.05, 0.1) is 0 Å². The molecule has 0 bridgehead atoms. The normalized spacial score (nSPS) is 17.0. The molecule has 7 heteroatoms. The molecule has 3 N–H and O–H groups in total. The van der Waals surface area contributed by atoms with Gasteiger partial charge in [0.1, 0.15) is 17.7 Å². The third-order valence-electron chi connectivity index (χ3n) is 6.54. The summed E-state index contributed by atoms with van der Waals surface area (Å²) in [6.07, 6.45) is 0.780. The third-order valence-corrected chi connectivity index (χ3v) is 6.54. The van der Waals surface area contributed by atoms with Crippen molar-refractivity contribution in [2.45, 2.75) is 50.6 Å². The Kier molecular flexibility index (Phi) is 5.44. The summed E-state index contributed by atoms with van der Waals surface area (Å²) in [7, 11) is 0. The first-order valence-electron chi connectivity index (χ1n) is 10.8. The zero-order chi connectivity index (χ0) is 23.1. The fourth-order valence-corrected chi connectivity index (χ4v) is 4.33. The van der Waals surface area contributed by atoms with Crippen molar-refractivity contribution in [1.29, 1.82) is 0 Å². The van der Waals surface area contributed by atoms with Gasteiger partial charge in [-0.15, -0.1) is 0 Å². The average Bonchev–Trinajstić information content (AvgIpc) is 3.55. The number of hydrogen-bond donors (Lipinski definition) is 3. The molecule has 1 unspecified atom stereocenters. The van der Waals surface area contributed by atoms with Gasteiger partial charge in [-0.25, -0.2) is 9.59 Å². The number of carbonyl (C=O) groups is 3. The second kappa shape index (κ2) is 7.97. The molecule has 7 nitrogen and oxygen atoms in total. The van der Waals surface area contributed by atoms with E-state index in [0.717, 1.165) is 35.1 Å². The van der Waals surface area contributed by atoms with Crippen molar-refractivity contribution in [2.75, 3.05) is 6.61 Å². The highest BCUT2D eigenvalue weighted by atomic mass is 16.5. The number of rotatable bonds is 7. The van der Waals surface area contributed by atoms with E-state index < -0.39 is 29.0 Å². The van der Waals surface area contributed by atoms with Gasteiger partial charge in [-0.1, -0.05) is 48.5 Å². The van der Waals surface area contributed by atoms with Crippen LogP contribution >= 0.6 is 0 Å². The fourth-order valence-electron chi connectivity index (χ4n) is 4.33. The number of carbonyl (C=O) groups excluding carboxylic acids is 2. The molecule has 1 atom stereocenters. The minimum atomic E-state index is -1.35. The Morgan fingerprint density at radius 2 is 1.47 bits per heavy atom. The maximum Gasteiger partial charge on any atom is 0.408 e. The molecule has 2 aromatic carbocycles. The lowest BCUT2D eigenvalue weighted by Crippen LogP contribution is -2.63. The molecule has 2 amide bonds. The van der Waals surface area contributed by atoms with Gasteiger partial charge in [-0.05, 0) is 61.8 Å². The number of amides is 2. The molecule has 2 aliphatic rings. The highest BCUT2D eigenvalue weighted by Gasteiger charge is 2.50. The van der Waals surface area contributed by atoms with Gasteiger partial charge in [0.2, 0.25) is 5.91 Å². The molecule has 0 aliphatic heterocycles. The molecule has 0 spiro atoms. The third kappa shape index (κ3) is 3.95. The van der Waals surface area contributed by atoms with Crippen molar-refractivity contribution in [3.63, 3.8) is 0 Å². The van der Waals surface area contributed by atoms with E-state index in [2.05, 4.69) is 22.8 Å². The highest BCUT2D eigenvalue weighted by molar-refractivity contribution is 5.94. The number of aliphatic carboxylic acids is 1. The lowest BCUT2D eigenvalue weighted by molar-refractivity contribution is -0.148. The van der Waals surface area contributed by atoms with E-state index in [9.17, 15) is 19.5 Å². The number of benzene rings is 2. The maximum atomic E-state index is 12.8. The van der Waals surface area contributed by atoms with Crippen molar-refractivity contribution in [3.8, 4) is 11.1 Å². The first-order chi connectivity index (χ1) is 15.1. The fraction of sp³-hybridized carbons (Fsp3) is 0.400. The predicted molar refractivity (Wildman–Crippen MR) is 119 cm³/mol. The molecule has 0 saturated heterocycles. The molecule has 2 aromatic rings. The molecule has 4 rings (SSSR count). The predicted octanol–water partition coefficient (Wildman–Crippen LogP) is 3.67. The van der Waals surface area contributed by atoms with E-state index in [0.29, 0.717) is 0 Å². The van der Waals surface area contributed by atoms with Crippen molar-refractivity contribution in [3.05, 3.63) is 59.7 Å². The van der Waals surface area contributed by atoms with Gasteiger partial charge < -0.3 is 20.5 Å². The van der Waals surface area contributed by atoms with Gasteiger partial charge in [-0.3, -0.25) is 4.79 Å². The lowest BCUT2D eigenvalue weighted by Gasteiger charge is -2.32. The summed E-state index contributed by atoms with van der Waals surface area (Å²) in [6.45, 7) is 4.69. The van der Waals surface area contributed by atoms with Crippen LogP contribution in [-0.2, 0) is 14.3 Å². The molecular weight excluding hydrogens is 408 g/mol. The average molecular weight is 437 g/mol. The van der Waals surface area contributed by atoms with Crippen LogP contribution in [0.5, 0.6) is 0 Å². The Morgan fingerprint density at radius 1 is 0.938 bits per heavy atom. The largest absolute Gasteiger partial charge is 0.480 e. The summed E-state index contributed by atoms with van der Waals surface area (Å²) < 4.78 is 5.52. The van der Waals surface area contributed by atoms with Gasteiger partial charge in [0.25, 0.3) is 0 Å². The van der Waals surface area contributed by atoms with Crippen molar-refractivity contribution in [1.82, 2.24) is 10.6 Å². The Morgan fingerprint density at radius 3 is 1.97 bits per heavy atom. The van der Waals surface area contributed by atoms with Crippen LogP contribution in [0.4, 0.5) is 4.79 Å². The molecule has 0 heterocycles. The zero-order valence-corrected chi connectivity index (χ0v) is 18.5. The smallest absolute Gasteiger partial charge is 0.408 e. The SMILES string of the molecule is CC(C)(NC(=O)OCC1c2ccccc2-c2ccccc21)C(=O)NC(C)(C(=O)O)C1CC1.